The second kappa shape index (κ2) is 11.4. The van der Waals surface area contributed by atoms with Crippen molar-refractivity contribution in [3.05, 3.63) is 22.7 Å². The Balaban J connectivity index is 2.27. The number of carbonyl (C=O) groups is 1. The average molecular weight is 397 g/mol. The number of rotatable bonds is 10. The highest BCUT2D eigenvalue weighted by atomic mass is 35.5. The Kier molecular flexibility index (Phi) is 9.22. The van der Waals surface area contributed by atoms with Gasteiger partial charge in [-0.15, -0.1) is 0 Å². The van der Waals surface area contributed by atoms with E-state index in [1.807, 2.05) is 11.8 Å². The fraction of sp³-hybridized carbons (Fsp3) is 0.667. The predicted octanol–water partition coefficient (Wildman–Crippen LogP) is 4.52. The molecule has 1 aliphatic heterocycles. The van der Waals surface area contributed by atoms with E-state index in [1.165, 1.54) is 0 Å². The lowest BCUT2D eigenvalue weighted by Crippen LogP contribution is -2.46. The van der Waals surface area contributed by atoms with Crippen LogP contribution in [0, 0.1) is 0 Å². The van der Waals surface area contributed by atoms with Crippen molar-refractivity contribution in [3.8, 4) is 11.5 Å². The molecule has 2 rings (SSSR count). The molecular weight excluding hydrogens is 364 g/mol. The normalized spacial score (nSPS) is 14.8. The van der Waals surface area contributed by atoms with E-state index >= 15 is 0 Å². The van der Waals surface area contributed by atoms with Crippen LogP contribution in [-0.2, 0) is 0 Å². The summed E-state index contributed by atoms with van der Waals surface area (Å²) < 4.78 is 11.6. The number of halogens is 1. The van der Waals surface area contributed by atoms with E-state index in [-0.39, 0.29) is 11.9 Å². The fourth-order valence-electron chi connectivity index (χ4n) is 3.39. The molecule has 0 aliphatic carbocycles. The number of amides is 1. The molecular formula is C21H33ClN2O3. The van der Waals surface area contributed by atoms with E-state index in [4.69, 9.17) is 21.1 Å². The molecule has 0 unspecified atom stereocenters. The standard InChI is InChI=1S/C21H33ClN2O3/c1-4-7-13-27-20-18(22)14-16(15-19(20)26-6-3)21(25)24(12-5-2)17-8-10-23-11-9-17/h14-15,17,23H,4-13H2,1-3H3. The second-order valence-corrected chi connectivity index (χ2v) is 7.31. The number of benzene rings is 1. The Morgan fingerprint density at radius 2 is 1.93 bits per heavy atom. The molecule has 152 valence electrons. The largest absolute Gasteiger partial charge is 0.490 e. The summed E-state index contributed by atoms with van der Waals surface area (Å²) in [6, 6.07) is 3.77. The summed E-state index contributed by atoms with van der Waals surface area (Å²) in [6.07, 6.45) is 4.88. The molecule has 1 saturated heterocycles. The summed E-state index contributed by atoms with van der Waals surface area (Å²) >= 11 is 6.48. The van der Waals surface area contributed by atoms with Crippen molar-refractivity contribution in [2.45, 2.75) is 58.9 Å². The summed E-state index contributed by atoms with van der Waals surface area (Å²) in [7, 11) is 0. The highest BCUT2D eigenvalue weighted by Crippen LogP contribution is 2.37. The van der Waals surface area contributed by atoms with Gasteiger partial charge in [0.05, 0.1) is 18.2 Å². The first-order valence-electron chi connectivity index (χ1n) is 10.2. The van der Waals surface area contributed by atoms with Crippen LogP contribution in [0.15, 0.2) is 12.1 Å². The van der Waals surface area contributed by atoms with E-state index in [0.717, 1.165) is 51.7 Å². The monoisotopic (exact) mass is 396 g/mol. The van der Waals surface area contributed by atoms with E-state index in [9.17, 15) is 4.79 Å². The molecule has 1 heterocycles. The van der Waals surface area contributed by atoms with Gasteiger partial charge in [0.15, 0.2) is 11.5 Å². The maximum atomic E-state index is 13.3. The number of nitrogens with zero attached hydrogens (tertiary/aromatic N) is 1. The highest BCUT2D eigenvalue weighted by molar-refractivity contribution is 6.32. The number of hydrogen-bond donors (Lipinski definition) is 1. The van der Waals surface area contributed by atoms with E-state index < -0.39 is 0 Å². The SMILES string of the molecule is CCCCOc1c(Cl)cc(C(=O)N(CCC)C2CCNCC2)cc1OCC. The molecule has 0 saturated carbocycles. The lowest BCUT2D eigenvalue weighted by molar-refractivity contribution is 0.0642. The number of piperidine rings is 1. The third kappa shape index (κ3) is 6.01. The van der Waals surface area contributed by atoms with Crippen molar-refractivity contribution in [1.29, 1.82) is 0 Å². The van der Waals surface area contributed by atoms with Crippen LogP contribution in [0.1, 0.15) is 63.2 Å². The summed E-state index contributed by atoms with van der Waals surface area (Å²) in [5, 5.41) is 3.79. The van der Waals surface area contributed by atoms with Crippen molar-refractivity contribution in [2.75, 3.05) is 32.8 Å². The first kappa shape index (κ1) is 21.8. The predicted molar refractivity (Wildman–Crippen MR) is 110 cm³/mol. The molecule has 0 aromatic heterocycles. The third-order valence-electron chi connectivity index (χ3n) is 4.78. The first-order valence-corrected chi connectivity index (χ1v) is 10.6. The zero-order valence-electron chi connectivity index (χ0n) is 16.9. The number of hydrogen-bond acceptors (Lipinski definition) is 4. The molecule has 5 nitrogen and oxygen atoms in total. The van der Waals surface area contributed by atoms with Gasteiger partial charge in [-0.25, -0.2) is 0 Å². The number of nitrogens with one attached hydrogen (secondary N) is 1. The fourth-order valence-corrected chi connectivity index (χ4v) is 3.65. The Labute approximate surface area is 168 Å². The lowest BCUT2D eigenvalue weighted by Gasteiger charge is -2.34. The minimum atomic E-state index is 0.0201. The van der Waals surface area contributed by atoms with Crippen LogP contribution in [0.2, 0.25) is 5.02 Å². The molecule has 1 N–H and O–H groups in total. The Bertz CT molecular complexity index is 603. The molecule has 1 aromatic rings. The second-order valence-electron chi connectivity index (χ2n) is 6.90. The summed E-state index contributed by atoms with van der Waals surface area (Å²) in [5.41, 5.74) is 0.568. The zero-order valence-corrected chi connectivity index (χ0v) is 17.6. The molecule has 0 atom stereocenters. The van der Waals surface area contributed by atoms with Gasteiger partial charge in [0, 0.05) is 18.2 Å². The van der Waals surface area contributed by atoms with Crippen molar-refractivity contribution < 1.29 is 14.3 Å². The average Bonchev–Trinajstić information content (AvgIpc) is 2.68. The van der Waals surface area contributed by atoms with Crippen LogP contribution in [-0.4, -0.2) is 49.7 Å². The van der Waals surface area contributed by atoms with Gasteiger partial charge < -0.3 is 19.7 Å². The van der Waals surface area contributed by atoms with Gasteiger partial charge in [0.25, 0.3) is 5.91 Å². The summed E-state index contributed by atoms with van der Waals surface area (Å²) in [4.78, 5) is 15.3. The van der Waals surface area contributed by atoms with Crippen LogP contribution in [0.5, 0.6) is 11.5 Å². The Hall–Kier alpha value is -1.46. The van der Waals surface area contributed by atoms with Crippen LogP contribution in [0.25, 0.3) is 0 Å². The molecule has 0 radical (unpaired) electrons. The number of carbonyl (C=O) groups excluding carboxylic acids is 1. The van der Waals surface area contributed by atoms with Gasteiger partial charge in [-0.05, 0) is 57.8 Å². The highest BCUT2D eigenvalue weighted by Gasteiger charge is 2.27. The van der Waals surface area contributed by atoms with Gasteiger partial charge >= 0.3 is 0 Å². The molecule has 6 heteroatoms. The van der Waals surface area contributed by atoms with E-state index in [0.29, 0.717) is 35.3 Å². The quantitative estimate of drug-likeness (QED) is 0.590. The Morgan fingerprint density at radius 1 is 1.19 bits per heavy atom. The summed E-state index contributed by atoms with van der Waals surface area (Å²) in [6.45, 7) is 9.85. The smallest absolute Gasteiger partial charge is 0.254 e. The van der Waals surface area contributed by atoms with Crippen LogP contribution >= 0.6 is 11.6 Å². The minimum absolute atomic E-state index is 0.0201. The molecule has 1 aliphatic rings. The van der Waals surface area contributed by atoms with Gasteiger partial charge in [0.2, 0.25) is 0 Å². The van der Waals surface area contributed by atoms with Crippen molar-refractivity contribution in [2.24, 2.45) is 0 Å². The zero-order chi connectivity index (χ0) is 19.6. The maximum absolute atomic E-state index is 13.3. The minimum Gasteiger partial charge on any atom is -0.490 e. The van der Waals surface area contributed by atoms with Crippen LogP contribution in [0.3, 0.4) is 0 Å². The molecule has 1 fully saturated rings. The number of unbranched alkanes of at least 4 members (excludes halogenated alkanes) is 1. The summed E-state index contributed by atoms with van der Waals surface area (Å²) in [5.74, 6) is 1.10. The molecule has 1 aromatic carbocycles. The van der Waals surface area contributed by atoms with Crippen LogP contribution in [0.4, 0.5) is 0 Å². The van der Waals surface area contributed by atoms with Crippen LogP contribution < -0.4 is 14.8 Å². The molecule has 1 amide bonds. The van der Waals surface area contributed by atoms with Crippen molar-refractivity contribution in [1.82, 2.24) is 10.2 Å². The number of ether oxygens (including phenoxy) is 2. The maximum Gasteiger partial charge on any atom is 0.254 e. The molecule has 0 bridgehead atoms. The van der Waals surface area contributed by atoms with Gasteiger partial charge in [0.1, 0.15) is 0 Å². The van der Waals surface area contributed by atoms with Gasteiger partial charge in [-0.1, -0.05) is 31.9 Å². The van der Waals surface area contributed by atoms with E-state index in [1.54, 1.807) is 12.1 Å². The van der Waals surface area contributed by atoms with Crippen molar-refractivity contribution in [3.63, 3.8) is 0 Å². The lowest BCUT2D eigenvalue weighted by atomic mass is 10.0. The topological polar surface area (TPSA) is 50.8 Å². The Morgan fingerprint density at radius 3 is 2.56 bits per heavy atom. The first-order chi connectivity index (χ1) is 13.1. The van der Waals surface area contributed by atoms with Crippen molar-refractivity contribution >= 4 is 17.5 Å². The molecule has 27 heavy (non-hydrogen) atoms. The van der Waals surface area contributed by atoms with Gasteiger partial charge in [-0.2, -0.15) is 0 Å². The van der Waals surface area contributed by atoms with Gasteiger partial charge in [-0.3, -0.25) is 4.79 Å². The molecule has 0 spiro atoms. The van der Waals surface area contributed by atoms with E-state index in [2.05, 4.69) is 19.2 Å². The third-order valence-corrected chi connectivity index (χ3v) is 5.06.